The number of carbonyl (C=O) groups is 1. The number of fused-ring (bicyclic) bond motifs is 1. The zero-order valence-electron chi connectivity index (χ0n) is 17.3. The lowest BCUT2D eigenvalue weighted by Crippen LogP contribution is -2.29. The van der Waals surface area contributed by atoms with Crippen molar-refractivity contribution in [1.29, 1.82) is 0 Å². The van der Waals surface area contributed by atoms with Crippen LogP contribution in [0.15, 0.2) is 48.9 Å². The molecule has 4 rings (SSSR count). The summed E-state index contributed by atoms with van der Waals surface area (Å²) in [7, 11) is 2.11. The number of nitrogens with one attached hydrogen (secondary N) is 2. The van der Waals surface area contributed by atoms with Crippen molar-refractivity contribution in [3.05, 3.63) is 77.4 Å². The maximum absolute atomic E-state index is 12.2. The number of nitrogens with zero attached hydrogens (tertiary/aromatic N) is 4. The van der Waals surface area contributed by atoms with Gasteiger partial charge in [-0.15, -0.1) is 0 Å². The predicted molar refractivity (Wildman–Crippen MR) is 115 cm³/mol. The molecule has 1 aliphatic carbocycles. The number of aromatic amines is 1. The van der Waals surface area contributed by atoms with Crippen LogP contribution in [0.4, 0.5) is 0 Å². The maximum Gasteiger partial charge on any atom is 0.226 e. The Morgan fingerprint density at radius 2 is 2.10 bits per heavy atom. The molecule has 1 amide bonds. The molecule has 0 fully saturated rings. The van der Waals surface area contributed by atoms with Crippen LogP contribution >= 0.6 is 0 Å². The Labute approximate surface area is 177 Å². The number of carbonyl (C=O) groups excluding carboxylic acids is 1. The molecule has 0 saturated carbocycles. The van der Waals surface area contributed by atoms with Crippen LogP contribution in [0, 0.1) is 0 Å². The standard InChI is InChI=1S/C23H28N6O/c1-29(20-9-4-6-17-7-5-12-26-23(17)20)16-21-27-15-19(28-21)14-22(30)25-13-10-18-8-2-3-11-24-18/h2-3,5,7-8,11-12,15,20H,4,6,9-10,13-14,16H2,1H3,(H,25,30)(H,27,28). The molecule has 3 aromatic heterocycles. The van der Waals surface area contributed by atoms with Gasteiger partial charge in [-0.3, -0.25) is 19.7 Å². The van der Waals surface area contributed by atoms with E-state index < -0.39 is 0 Å². The first-order valence-electron chi connectivity index (χ1n) is 10.5. The van der Waals surface area contributed by atoms with Crippen LogP contribution in [0.5, 0.6) is 0 Å². The lowest BCUT2D eigenvalue weighted by Gasteiger charge is -2.31. The third kappa shape index (κ3) is 5.10. The number of imidazole rings is 1. The largest absolute Gasteiger partial charge is 0.355 e. The second-order valence-corrected chi connectivity index (χ2v) is 7.82. The van der Waals surface area contributed by atoms with Gasteiger partial charge in [0.15, 0.2) is 0 Å². The quantitative estimate of drug-likeness (QED) is 0.603. The molecule has 30 heavy (non-hydrogen) atoms. The van der Waals surface area contributed by atoms with E-state index in [0.29, 0.717) is 25.6 Å². The average molecular weight is 405 g/mol. The Balaban J connectivity index is 1.27. The molecule has 0 spiro atoms. The number of hydrogen-bond acceptors (Lipinski definition) is 5. The van der Waals surface area contributed by atoms with Crippen LogP contribution in [0.2, 0.25) is 0 Å². The minimum absolute atomic E-state index is 0.0140. The van der Waals surface area contributed by atoms with E-state index in [2.05, 4.69) is 43.3 Å². The van der Waals surface area contributed by atoms with Crippen molar-refractivity contribution in [3.63, 3.8) is 0 Å². The Morgan fingerprint density at radius 1 is 1.20 bits per heavy atom. The molecule has 1 atom stereocenters. The average Bonchev–Trinajstić information content (AvgIpc) is 3.20. The topological polar surface area (TPSA) is 86.8 Å². The van der Waals surface area contributed by atoms with Gasteiger partial charge >= 0.3 is 0 Å². The van der Waals surface area contributed by atoms with Crippen LogP contribution in [-0.2, 0) is 30.6 Å². The van der Waals surface area contributed by atoms with E-state index in [0.717, 1.165) is 36.5 Å². The first kappa shape index (κ1) is 20.2. The van der Waals surface area contributed by atoms with Crippen LogP contribution < -0.4 is 5.32 Å². The summed E-state index contributed by atoms with van der Waals surface area (Å²) in [5.74, 6) is 0.858. The summed E-state index contributed by atoms with van der Waals surface area (Å²) >= 11 is 0. The van der Waals surface area contributed by atoms with Crippen LogP contribution in [0.25, 0.3) is 0 Å². The van der Waals surface area contributed by atoms with Crippen molar-refractivity contribution in [2.24, 2.45) is 0 Å². The van der Waals surface area contributed by atoms with E-state index in [9.17, 15) is 4.79 Å². The Hall–Kier alpha value is -3.06. The molecular weight excluding hydrogens is 376 g/mol. The molecule has 3 heterocycles. The number of pyridine rings is 2. The molecule has 7 nitrogen and oxygen atoms in total. The van der Waals surface area contributed by atoms with Crippen molar-refractivity contribution < 1.29 is 4.79 Å². The van der Waals surface area contributed by atoms with Gasteiger partial charge in [0.05, 0.1) is 24.7 Å². The number of amides is 1. The fraction of sp³-hybridized carbons (Fsp3) is 0.391. The molecule has 1 aliphatic rings. The van der Waals surface area contributed by atoms with E-state index in [1.54, 1.807) is 12.4 Å². The molecule has 156 valence electrons. The van der Waals surface area contributed by atoms with Gasteiger partial charge in [0.25, 0.3) is 0 Å². The lowest BCUT2D eigenvalue weighted by molar-refractivity contribution is -0.120. The van der Waals surface area contributed by atoms with Gasteiger partial charge in [-0.05, 0) is 50.1 Å². The number of rotatable bonds is 8. The zero-order chi connectivity index (χ0) is 20.8. The van der Waals surface area contributed by atoms with Gasteiger partial charge in [-0.1, -0.05) is 12.1 Å². The minimum Gasteiger partial charge on any atom is -0.355 e. The van der Waals surface area contributed by atoms with Crippen molar-refractivity contribution in [2.45, 2.75) is 44.7 Å². The molecule has 0 aliphatic heterocycles. The molecule has 0 aromatic carbocycles. The van der Waals surface area contributed by atoms with Crippen molar-refractivity contribution in [3.8, 4) is 0 Å². The molecule has 0 saturated heterocycles. The van der Waals surface area contributed by atoms with E-state index in [1.165, 1.54) is 17.7 Å². The Morgan fingerprint density at radius 3 is 2.97 bits per heavy atom. The summed E-state index contributed by atoms with van der Waals surface area (Å²) in [6.07, 6.45) is 9.81. The summed E-state index contributed by atoms with van der Waals surface area (Å²) in [6.45, 7) is 1.27. The van der Waals surface area contributed by atoms with Crippen LogP contribution in [0.1, 0.15) is 47.4 Å². The van der Waals surface area contributed by atoms with Gasteiger partial charge in [-0.2, -0.15) is 0 Å². The van der Waals surface area contributed by atoms with E-state index >= 15 is 0 Å². The first-order valence-corrected chi connectivity index (χ1v) is 10.5. The second-order valence-electron chi connectivity index (χ2n) is 7.82. The van der Waals surface area contributed by atoms with Crippen molar-refractivity contribution >= 4 is 5.91 Å². The highest BCUT2D eigenvalue weighted by molar-refractivity contribution is 5.78. The van der Waals surface area contributed by atoms with Crippen LogP contribution in [-0.4, -0.2) is 44.3 Å². The summed E-state index contributed by atoms with van der Waals surface area (Å²) in [5.41, 5.74) is 4.34. The highest BCUT2D eigenvalue weighted by atomic mass is 16.1. The van der Waals surface area contributed by atoms with Gasteiger partial charge in [0, 0.05) is 42.9 Å². The number of hydrogen-bond donors (Lipinski definition) is 2. The van der Waals surface area contributed by atoms with Gasteiger partial charge < -0.3 is 10.3 Å². The summed E-state index contributed by atoms with van der Waals surface area (Å²) in [6, 6.07) is 10.3. The molecular formula is C23H28N6O. The molecule has 3 aromatic rings. The summed E-state index contributed by atoms with van der Waals surface area (Å²) < 4.78 is 0. The maximum atomic E-state index is 12.2. The number of aromatic nitrogens is 4. The Bertz CT molecular complexity index is 971. The van der Waals surface area contributed by atoms with Gasteiger partial charge in [0.2, 0.25) is 5.91 Å². The highest BCUT2D eigenvalue weighted by Crippen LogP contribution is 2.32. The molecule has 0 radical (unpaired) electrons. The van der Waals surface area contributed by atoms with Gasteiger partial charge in [-0.25, -0.2) is 4.98 Å². The zero-order valence-corrected chi connectivity index (χ0v) is 17.3. The number of aryl methyl sites for hydroxylation is 1. The minimum atomic E-state index is -0.0140. The molecule has 1 unspecified atom stereocenters. The van der Waals surface area contributed by atoms with Crippen LogP contribution in [0.3, 0.4) is 0 Å². The smallest absolute Gasteiger partial charge is 0.226 e. The Kier molecular flexibility index (Phi) is 6.49. The molecule has 0 bridgehead atoms. The van der Waals surface area contributed by atoms with Crippen molar-refractivity contribution in [1.82, 2.24) is 30.2 Å². The fourth-order valence-electron chi connectivity index (χ4n) is 4.05. The third-order valence-corrected chi connectivity index (χ3v) is 5.56. The monoisotopic (exact) mass is 404 g/mol. The number of H-pyrrole nitrogens is 1. The first-order chi connectivity index (χ1) is 14.7. The predicted octanol–water partition coefficient (Wildman–Crippen LogP) is 2.61. The third-order valence-electron chi connectivity index (χ3n) is 5.56. The fourth-order valence-corrected chi connectivity index (χ4v) is 4.05. The lowest BCUT2D eigenvalue weighted by atomic mass is 9.91. The molecule has 7 heteroatoms. The van der Waals surface area contributed by atoms with Crippen molar-refractivity contribution in [2.75, 3.05) is 13.6 Å². The normalized spacial score (nSPS) is 15.7. The van der Waals surface area contributed by atoms with E-state index in [-0.39, 0.29) is 5.91 Å². The summed E-state index contributed by atoms with van der Waals surface area (Å²) in [4.78, 5) is 31.2. The summed E-state index contributed by atoms with van der Waals surface area (Å²) in [5, 5.41) is 2.95. The van der Waals surface area contributed by atoms with E-state index in [4.69, 9.17) is 0 Å². The highest BCUT2D eigenvalue weighted by Gasteiger charge is 2.25. The van der Waals surface area contributed by atoms with Gasteiger partial charge in [0.1, 0.15) is 5.82 Å². The second kappa shape index (κ2) is 9.63. The molecule has 2 N–H and O–H groups in total. The SMILES string of the molecule is CN(Cc1ncc(CC(=O)NCCc2ccccn2)[nH]1)C1CCCc2cccnc21. The van der Waals surface area contributed by atoms with E-state index in [1.807, 2.05) is 30.5 Å².